The highest BCUT2D eigenvalue weighted by molar-refractivity contribution is 7.99. The van der Waals surface area contributed by atoms with Crippen molar-refractivity contribution in [1.82, 2.24) is 67.9 Å². The Hall–Kier alpha value is -12.1. The van der Waals surface area contributed by atoms with E-state index in [1.54, 1.807) is 88.9 Å². The van der Waals surface area contributed by atoms with Gasteiger partial charge in [0.25, 0.3) is 0 Å². The van der Waals surface area contributed by atoms with E-state index in [1.807, 2.05) is 297 Å². The number of rotatable bonds is 0. The molecule has 8 aliphatic rings. The SMILES string of the molecule is CC.CC.CC.CC.CC.CC.CC.CC.CC.CC.CC.CC.CN1CCc2ccccc21.CN1Cc2ccccc2C1.Cn1ccc2cccnc21.Cn1cnc2cnccc21.c1cc2c(cn1)OCC2.c1ccc2c(c1)CCC2.c1ccc2c(c1)CCC2.c1ccc2c(c1)CCO2.c1ccc2c(c1)CCS2.c1cn2ccnc2cn1.c1cnc2c(c1)CCC2.c1cnc2ccnn2c1. The van der Waals surface area contributed by atoms with E-state index in [2.05, 4.69) is 214 Å². The number of ether oxygens (including phenoxy) is 2. The van der Waals surface area contributed by atoms with E-state index in [4.69, 9.17) is 9.47 Å². The molecule has 16 aromatic rings. The van der Waals surface area contributed by atoms with Crippen LogP contribution >= 0.6 is 11.8 Å². The van der Waals surface area contributed by atoms with Gasteiger partial charge < -0.3 is 27.9 Å². The Balaban J connectivity index is 0.000000727. The van der Waals surface area contributed by atoms with Gasteiger partial charge in [-0.2, -0.15) is 5.10 Å². The summed E-state index contributed by atoms with van der Waals surface area (Å²) in [5.74, 6) is 3.30. The van der Waals surface area contributed by atoms with E-state index in [9.17, 15) is 0 Å². The summed E-state index contributed by atoms with van der Waals surface area (Å²) in [6, 6.07) is 69.4. The Labute approximate surface area is 827 Å². The van der Waals surface area contributed by atoms with Crippen molar-refractivity contribution in [1.29, 1.82) is 0 Å². The van der Waals surface area contributed by atoms with E-state index < -0.39 is 0 Å². The predicted molar refractivity (Wildman–Crippen MR) is 590 cm³/mol. The fourth-order valence-electron chi connectivity index (χ4n) is 14.3. The molecule has 0 saturated heterocycles. The minimum absolute atomic E-state index is 0.820. The molecule has 5 aliphatic heterocycles. The first-order valence-corrected chi connectivity index (χ1v) is 51.8. The van der Waals surface area contributed by atoms with Crippen LogP contribution in [0.5, 0.6) is 11.5 Å². The maximum absolute atomic E-state index is 5.30. The lowest BCUT2D eigenvalue weighted by molar-refractivity contribution is 0.353. The molecule has 0 radical (unpaired) electrons. The molecule has 0 fully saturated rings. The predicted octanol–water partition coefficient (Wildman–Crippen LogP) is 30.5. The zero-order valence-corrected chi connectivity index (χ0v) is 89.5. The number of thioether (sulfide) groups is 1. The van der Waals surface area contributed by atoms with Crippen LogP contribution in [0.1, 0.15) is 252 Å². The number of benzene rings is 6. The Morgan fingerprint density at radius 2 is 0.787 bits per heavy atom. The number of para-hydroxylation sites is 2. The van der Waals surface area contributed by atoms with Crippen LogP contribution in [0.4, 0.5) is 5.69 Å². The van der Waals surface area contributed by atoms with Crippen molar-refractivity contribution < 1.29 is 9.47 Å². The van der Waals surface area contributed by atoms with E-state index in [1.165, 1.54) is 144 Å². The van der Waals surface area contributed by atoms with E-state index >= 15 is 0 Å². The van der Waals surface area contributed by atoms with Gasteiger partial charge in [0.15, 0.2) is 11.3 Å². The van der Waals surface area contributed by atoms with Crippen LogP contribution in [-0.2, 0) is 91.4 Å². The Kier molecular flexibility index (Phi) is 70.9. The normalized spacial score (nSPS) is 11.9. The van der Waals surface area contributed by atoms with Crippen LogP contribution in [0.3, 0.4) is 0 Å². The van der Waals surface area contributed by atoms with Crippen molar-refractivity contribution in [2.45, 2.75) is 268 Å². The summed E-state index contributed by atoms with van der Waals surface area (Å²) in [7, 11) is 8.26. The van der Waals surface area contributed by atoms with Gasteiger partial charge in [0, 0.05) is 161 Å². The van der Waals surface area contributed by atoms with Crippen molar-refractivity contribution in [3.05, 3.63) is 366 Å². The van der Waals surface area contributed by atoms with Gasteiger partial charge in [-0.15, -0.1) is 11.8 Å². The molecule has 0 unspecified atom stereocenters. The highest BCUT2D eigenvalue weighted by Crippen LogP contribution is 2.31. The molecule has 10 aromatic heterocycles. The lowest BCUT2D eigenvalue weighted by Gasteiger charge is -2.10. The number of likely N-dealkylation sites (N-methyl/N-ethyl adjacent to an activating group) is 1. The third-order valence-electron chi connectivity index (χ3n) is 20.2. The summed E-state index contributed by atoms with van der Waals surface area (Å²) in [5, 5.41) is 5.17. The molecule has 0 N–H and O–H groups in total. The molecule has 17 nitrogen and oxygen atoms in total. The van der Waals surface area contributed by atoms with Crippen LogP contribution in [0.2, 0.25) is 0 Å². The summed E-state index contributed by atoms with van der Waals surface area (Å²) in [4.78, 5) is 38.5. The number of hydrogen-bond donors (Lipinski definition) is 0. The first-order valence-electron chi connectivity index (χ1n) is 50.8. The van der Waals surface area contributed by atoms with Crippen molar-refractivity contribution in [2.75, 3.05) is 44.5 Å². The zero-order chi connectivity index (χ0) is 101. The molecular weight excluding hydrogens is 1690 g/mol. The van der Waals surface area contributed by atoms with Gasteiger partial charge in [0.05, 0.1) is 49.8 Å². The monoisotopic (exact) mass is 1860 g/mol. The second kappa shape index (κ2) is 79.1. The molecular formula is C118H171N15O2S. The molecule has 0 atom stereocenters. The van der Waals surface area contributed by atoms with Gasteiger partial charge in [-0.3, -0.25) is 24.8 Å². The quantitative estimate of drug-likeness (QED) is 0.141. The highest BCUT2D eigenvalue weighted by atomic mass is 32.2. The van der Waals surface area contributed by atoms with E-state index in [0.717, 1.165) is 78.6 Å². The third-order valence-corrected chi connectivity index (χ3v) is 21.3. The van der Waals surface area contributed by atoms with Gasteiger partial charge in [-0.05, 0) is 194 Å². The molecule has 6 aromatic carbocycles. The van der Waals surface area contributed by atoms with Crippen LogP contribution in [-0.4, -0.2) is 108 Å². The third kappa shape index (κ3) is 43.3. The number of imidazole rings is 2. The van der Waals surface area contributed by atoms with Crippen molar-refractivity contribution >= 4 is 50.8 Å². The van der Waals surface area contributed by atoms with Gasteiger partial charge in [-0.1, -0.05) is 300 Å². The number of aryl methyl sites for hydroxylation is 9. The van der Waals surface area contributed by atoms with Crippen LogP contribution in [0.15, 0.2) is 304 Å². The smallest absolute Gasteiger partial charge is 0.155 e. The zero-order valence-electron chi connectivity index (χ0n) is 88.7. The summed E-state index contributed by atoms with van der Waals surface area (Å²) < 4.78 is 18.1. The van der Waals surface area contributed by atoms with E-state index in [0.29, 0.717) is 0 Å². The molecule has 24 rings (SSSR count). The Bertz CT molecular complexity index is 4820. The first-order chi connectivity index (χ1) is 67.2. The Morgan fingerprint density at radius 1 is 0.309 bits per heavy atom. The number of pyridine rings is 4. The second-order valence-corrected chi connectivity index (χ2v) is 29.2. The molecule has 0 amide bonds. The lowest BCUT2D eigenvalue weighted by atomic mass is 10.1. The maximum atomic E-state index is 5.30. The molecule has 3 aliphatic carbocycles. The number of hydrogen-bond acceptors (Lipinski definition) is 14. The van der Waals surface area contributed by atoms with Gasteiger partial charge >= 0.3 is 0 Å². The van der Waals surface area contributed by atoms with Crippen LogP contribution in [0, 0.1) is 0 Å². The fraction of sp³-hybridized carbons (Fsp3) is 0.398. The number of nitrogens with zero attached hydrogens (tertiary/aromatic N) is 15. The van der Waals surface area contributed by atoms with Gasteiger partial charge in [0.1, 0.15) is 22.7 Å². The van der Waals surface area contributed by atoms with Crippen LogP contribution < -0.4 is 14.4 Å². The number of anilines is 1. The van der Waals surface area contributed by atoms with Crippen molar-refractivity contribution in [3.63, 3.8) is 0 Å². The molecule has 0 spiro atoms. The van der Waals surface area contributed by atoms with Crippen LogP contribution in [0.25, 0.3) is 33.4 Å². The van der Waals surface area contributed by atoms with Gasteiger partial charge in [0.2, 0.25) is 0 Å². The number of fused-ring (bicyclic) bond motifs is 12. The summed E-state index contributed by atoms with van der Waals surface area (Å²) in [5.41, 5.74) is 24.0. The Morgan fingerprint density at radius 3 is 1.35 bits per heavy atom. The summed E-state index contributed by atoms with van der Waals surface area (Å²) in [6.07, 6.45) is 45.1. The lowest BCUT2D eigenvalue weighted by Crippen LogP contribution is -2.12. The molecule has 136 heavy (non-hydrogen) atoms. The van der Waals surface area contributed by atoms with Crippen molar-refractivity contribution in [2.24, 2.45) is 14.1 Å². The average molecular weight is 1860 g/mol. The topological polar surface area (TPSA) is 160 Å². The van der Waals surface area contributed by atoms with Gasteiger partial charge in [-0.25, -0.2) is 24.5 Å². The minimum atomic E-state index is 0.820. The fourth-order valence-corrected chi connectivity index (χ4v) is 15.4. The van der Waals surface area contributed by atoms with Crippen molar-refractivity contribution in [3.8, 4) is 11.5 Å². The highest BCUT2D eigenvalue weighted by Gasteiger charge is 2.16. The summed E-state index contributed by atoms with van der Waals surface area (Å²) >= 11 is 1.97. The second-order valence-electron chi connectivity index (χ2n) is 28.0. The molecule has 15 heterocycles. The largest absolute Gasteiger partial charge is 0.493 e. The minimum Gasteiger partial charge on any atom is -0.493 e. The average Bonchev–Trinajstić information content (AvgIpc) is 1.70. The summed E-state index contributed by atoms with van der Waals surface area (Å²) in [6.45, 7) is 53.1. The molecule has 0 bridgehead atoms. The maximum Gasteiger partial charge on any atom is 0.155 e. The standard InChI is InChI=1S/2C9H11N.2C9H10.C8H8N2.C8H9N.C8H8O.C8H8S.C7H7N3.C7H7NO.2C6H5N3.12C2H6/c1-10-6-8-4-2-3-5-9(8)7-10;1-10-7-6-8-4-2-3-5-9(8)10;2*1-2-5-9-7-3-6-8(9)4-1;1-10-6-4-7-3-2-5-9-8(7)10;1-3-7-4-2-6-9-8(7)5-1;2*1-2-4-8-7(3-1)5-6-9-8;1-10-5-9-6-4-8-3-2-7(6)10;1-3-8-5-7-6(1)2-4-9-7;1-3-9-4-2-8-6(9)5-7-1;1-3-7-6-2-4-8-9(6)5-1;12*1-2/h2*2-5H,6-7H2,1H3;2*1-2,4-5H,3,6-7H2;2-6H,1H3;2,4,6H,1,3,5H2;2*1-4H,5-6H2;2-5H,1H3;1,3,5H,2,4H2;2*1-5H;12*1-2H3. The molecule has 0 saturated carbocycles. The molecule has 18 heteroatoms. The molecule has 736 valence electrons. The first kappa shape index (κ1) is 122. The van der Waals surface area contributed by atoms with E-state index in [-0.39, 0.29) is 0 Å². The number of aromatic nitrogens is 13.